The van der Waals surface area contributed by atoms with Crippen LogP contribution >= 0.6 is 12.2 Å². The van der Waals surface area contributed by atoms with Crippen LogP contribution in [-0.2, 0) is 11.2 Å². The summed E-state index contributed by atoms with van der Waals surface area (Å²) in [4.78, 5) is 22.9. The standard InChI is InChI=1S/C16H12FN5OS/c1-2-13-19-14-12(4-3-7-21(14)20-13)22-15(23)10-6-5-9(17)8-11(10)18-16(22)24/h3-8,10H,2H2,1H3. The molecule has 0 fully saturated rings. The second-order valence-corrected chi connectivity index (χ2v) is 5.77. The summed E-state index contributed by atoms with van der Waals surface area (Å²) in [5.74, 6) is -0.699. The molecule has 4 rings (SSSR count). The number of carbonyl (C=O) groups is 1. The third kappa shape index (κ3) is 2.18. The van der Waals surface area contributed by atoms with Gasteiger partial charge in [-0.05, 0) is 36.5 Å². The summed E-state index contributed by atoms with van der Waals surface area (Å²) in [6.45, 7) is 1.95. The van der Waals surface area contributed by atoms with Crippen LogP contribution in [-0.4, -0.2) is 31.3 Å². The van der Waals surface area contributed by atoms with Crippen molar-refractivity contribution in [3.05, 3.63) is 48.2 Å². The van der Waals surface area contributed by atoms with Crippen molar-refractivity contribution in [2.24, 2.45) is 10.9 Å². The predicted molar refractivity (Wildman–Crippen MR) is 91.7 cm³/mol. The summed E-state index contributed by atoms with van der Waals surface area (Å²) in [6, 6.07) is 3.51. The molecule has 3 heterocycles. The van der Waals surface area contributed by atoms with Crippen LogP contribution in [0.5, 0.6) is 0 Å². The molecule has 1 unspecified atom stereocenters. The van der Waals surface area contributed by atoms with E-state index in [-0.39, 0.29) is 11.0 Å². The number of hydrogen-bond donors (Lipinski definition) is 0. The first kappa shape index (κ1) is 14.8. The van der Waals surface area contributed by atoms with Gasteiger partial charge in [0.05, 0.1) is 17.3 Å². The molecular formula is C16H12FN5OS. The summed E-state index contributed by atoms with van der Waals surface area (Å²) in [5, 5.41) is 4.41. The minimum atomic E-state index is -0.648. The lowest BCUT2D eigenvalue weighted by atomic mass is 9.95. The number of halogens is 1. The summed E-state index contributed by atoms with van der Waals surface area (Å²) in [6.07, 6.45) is 6.43. The monoisotopic (exact) mass is 341 g/mol. The lowest BCUT2D eigenvalue weighted by molar-refractivity contribution is -0.118. The molecule has 0 bridgehead atoms. The number of rotatable bonds is 2. The largest absolute Gasteiger partial charge is 0.273 e. The van der Waals surface area contributed by atoms with Crippen molar-refractivity contribution in [2.45, 2.75) is 13.3 Å². The van der Waals surface area contributed by atoms with E-state index in [1.165, 1.54) is 23.1 Å². The number of aryl methyl sites for hydroxylation is 1. The topological polar surface area (TPSA) is 62.9 Å². The van der Waals surface area contributed by atoms with E-state index in [0.29, 0.717) is 29.3 Å². The van der Waals surface area contributed by atoms with E-state index in [1.54, 1.807) is 22.8 Å². The van der Waals surface area contributed by atoms with Crippen molar-refractivity contribution in [1.29, 1.82) is 0 Å². The normalized spacial score (nSPS) is 20.2. The van der Waals surface area contributed by atoms with Gasteiger partial charge in [0.1, 0.15) is 5.83 Å². The fourth-order valence-corrected chi connectivity index (χ4v) is 3.05. The van der Waals surface area contributed by atoms with E-state index in [1.807, 2.05) is 6.92 Å². The Kier molecular flexibility index (Phi) is 3.34. The maximum atomic E-state index is 13.4. The van der Waals surface area contributed by atoms with Crippen molar-refractivity contribution < 1.29 is 9.18 Å². The van der Waals surface area contributed by atoms with Crippen LogP contribution in [0.25, 0.3) is 5.65 Å². The molecule has 0 aromatic carbocycles. The molecule has 120 valence electrons. The zero-order valence-electron chi connectivity index (χ0n) is 12.7. The van der Waals surface area contributed by atoms with Crippen LogP contribution in [0.1, 0.15) is 12.7 Å². The number of fused-ring (bicyclic) bond motifs is 2. The highest BCUT2D eigenvalue weighted by atomic mass is 32.1. The van der Waals surface area contributed by atoms with Crippen LogP contribution in [0.15, 0.2) is 47.4 Å². The Morgan fingerprint density at radius 2 is 2.25 bits per heavy atom. The average Bonchev–Trinajstić information content (AvgIpc) is 2.98. The number of aliphatic imine (C=N–C) groups is 1. The first-order valence-corrected chi connectivity index (χ1v) is 7.85. The van der Waals surface area contributed by atoms with Crippen LogP contribution < -0.4 is 4.90 Å². The van der Waals surface area contributed by atoms with Gasteiger partial charge in [-0.15, -0.1) is 0 Å². The Morgan fingerprint density at radius 1 is 1.42 bits per heavy atom. The molecule has 2 aromatic heterocycles. The molecule has 1 atom stereocenters. The van der Waals surface area contributed by atoms with E-state index in [2.05, 4.69) is 15.1 Å². The first-order valence-electron chi connectivity index (χ1n) is 7.44. The maximum Gasteiger partial charge on any atom is 0.246 e. The van der Waals surface area contributed by atoms with Crippen molar-refractivity contribution in [3.8, 4) is 0 Å². The van der Waals surface area contributed by atoms with Crippen molar-refractivity contribution in [3.63, 3.8) is 0 Å². The highest BCUT2D eigenvalue weighted by molar-refractivity contribution is 7.80. The third-order valence-corrected chi connectivity index (χ3v) is 4.17. The number of pyridine rings is 1. The van der Waals surface area contributed by atoms with E-state index < -0.39 is 11.7 Å². The minimum absolute atomic E-state index is 0.0692. The second kappa shape index (κ2) is 5.41. The molecule has 0 saturated carbocycles. The molecule has 0 saturated heterocycles. The Morgan fingerprint density at radius 3 is 3.04 bits per heavy atom. The van der Waals surface area contributed by atoms with Crippen molar-refractivity contribution in [1.82, 2.24) is 14.6 Å². The molecule has 0 radical (unpaired) electrons. The smallest absolute Gasteiger partial charge is 0.246 e. The molecule has 2 aliphatic rings. The van der Waals surface area contributed by atoms with Gasteiger partial charge < -0.3 is 0 Å². The van der Waals surface area contributed by atoms with Crippen molar-refractivity contribution >= 4 is 40.3 Å². The van der Waals surface area contributed by atoms with Gasteiger partial charge in [-0.1, -0.05) is 13.0 Å². The van der Waals surface area contributed by atoms with Gasteiger partial charge in [0, 0.05) is 12.6 Å². The number of amides is 1. The molecule has 6 nitrogen and oxygen atoms in total. The van der Waals surface area contributed by atoms with Crippen LogP contribution in [0, 0.1) is 5.92 Å². The highest BCUT2D eigenvalue weighted by Gasteiger charge is 2.36. The number of anilines is 1. The van der Waals surface area contributed by atoms with Crippen LogP contribution in [0.4, 0.5) is 10.1 Å². The molecular weight excluding hydrogens is 329 g/mol. The molecule has 1 aliphatic carbocycles. The zero-order chi connectivity index (χ0) is 16.8. The van der Waals surface area contributed by atoms with Gasteiger partial charge in [0.2, 0.25) is 11.0 Å². The molecule has 1 aliphatic heterocycles. The number of nitrogens with zero attached hydrogens (tertiary/aromatic N) is 5. The van der Waals surface area contributed by atoms with Gasteiger partial charge in [-0.2, -0.15) is 5.10 Å². The van der Waals surface area contributed by atoms with Gasteiger partial charge >= 0.3 is 0 Å². The lowest BCUT2D eigenvalue weighted by Gasteiger charge is -2.30. The number of hydrogen-bond acceptors (Lipinski definition) is 4. The second-order valence-electron chi connectivity index (χ2n) is 5.40. The van der Waals surface area contributed by atoms with Gasteiger partial charge in [-0.25, -0.2) is 18.9 Å². The first-order chi connectivity index (χ1) is 11.6. The van der Waals surface area contributed by atoms with E-state index in [9.17, 15) is 9.18 Å². The quantitative estimate of drug-likeness (QED) is 0.787. The molecule has 0 N–H and O–H groups in total. The summed E-state index contributed by atoms with van der Waals surface area (Å²) >= 11 is 5.28. The lowest BCUT2D eigenvalue weighted by Crippen LogP contribution is -2.46. The summed E-state index contributed by atoms with van der Waals surface area (Å²) < 4.78 is 15.0. The number of thiocarbonyl (C=S) groups is 1. The maximum absolute atomic E-state index is 13.4. The van der Waals surface area contributed by atoms with Crippen molar-refractivity contribution in [2.75, 3.05) is 4.90 Å². The fraction of sp³-hybridized carbons (Fsp3) is 0.188. The summed E-state index contributed by atoms with van der Waals surface area (Å²) in [5.41, 5.74) is 1.38. The highest BCUT2D eigenvalue weighted by Crippen LogP contribution is 2.29. The molecule has 0 spiro atoms. The SMILES string of the molecule is CCc1nc2c(N3C(=O)C4C=CC(F)=CC4=NC3=S)cccn2n1. The van der Waals surface area contributed by atoms with E-state index in [0.717, 1.165) is 0 Å². The molecule has 24 heavy (non-hydrogen) atoms. The van der Waals surface area contributed by atoms with E-state index in [4.69, 9.17) is 12.2 Å². The molecule has 1 amide bonds. The third-order valence-electron chi connectivity index (χ3n) is 3.90. The summed E-state index contributed by atoms with van der Waals surface area (Å²) in [7, 11) is 0. The number of allylic oxidation sites excluding steroid dienone is 3. The van der Waals surface area contributed by atoms with Gasteiger partial charge in [-0.3, -0.25) is 9.69 Å². The number of carbonyl (C=O) groups excluding carboxylic acids is 1. The average molecular weight is 341 g/mol. The fourth-order valence-electron chi connectivity index (χ4n) is 2.75. The zero-order valence-corrected chi connectivity index (χ0v) is 13.5. The molecule has 8 heteroatoms. The minimum Gasteiger partial charge on any atom is -0.273 e. The Labute approximate surface area is 142 Å². The Hall–Kier alpha value is -2.74. The predicted octanol–water partition coefficient (Wildman–Crippen LogP) is 2.40. The van der Waals surface area contributed by atoms with E-state index >= 15 is 0 Å². The van der Waals surface area contributed by atoms with Crippen LogP contribution in [0.2, 0.25) is 0 Å². The van der Waals surface area contributed by atoms with Gasteiger partial charge in [0.25, 0.3) is 0 Å². The van der Waals surface area contributed by atoms with Gasteiger partial charge in [0.15, 0.2) is 11.5 Å². The Balaban J connectivity index is 1.86. The van der Waals surface area contributed by atoms with Crippen LogP contribution in [0.3, 0.4) is 0 Å². The Bertz CT molecular complexity index is 974. The molecule has 2 aromatic rings. The number of aromatic nitrogens is 3.